The summed E-state index contributed by atoms with van der Waals surface area (Å²) < 4.78 is 0. The fourth-order valence-electron chi connectivity index (χ4n) is 3.08. The number of aryl methyl sites for hydroxylation is 2. The minimum Gasteiger partial charge on any atom is -0.325 e. The predicted octanol–water partition coefficient (Wildman–Crippen LogP) is 3.20. The number of hydrogen-bond donors (Lipinski definition) is 1. The number of para-hydroxylation sites is 1. The first-order valence-corrected chi connectivity index (χ1v) is 8.28. The van der Waals surface area contributed by atoms with Crippen LogP contribution in [0.4, 0.5) is 17.1 Å². The van der Waals surface area contributed by atoms with E-state index in [1.165, 1.54) is 12.1 Å². The minimum absolute atomic E-state index is 0.0880. The Balaban J connectivity index is 1.76. The van der Waals surface area contributed by atoms with Crippen LogP contribution in [0.3, 0.4) is 0 Å². The Morgan fingerprint density at radius 3 is 2.62 bits per heavy atom. The number of non-ortho nitro benzene ring substituents is 1. The van der Waals surface area contributed by atoms with Crippen molar-refractivity contribution in [3.8, 4) is 0 Å². The topological polar surface area (TPSA) is 92.5 Å². The van der Waals surface area contributed by atoms with Crippen molar-refractivity contribution in [1.82, 2.24) is 0 Å². The monoisotopic (exact) mass is 353 g/mol. The van der Waals surface area contributed by atoms with Crippen LogP contribution in [0.5, 0.6) is 0 Å². The van der Waals surface area contributed by atoms with Crippen molar-refractivity contribution >= 4 is 28.9 Å². The highest BCUT2D eigenvalue weighted by molar-refractivity contribution is 6.04. The van der Waals surface area contributed by atoms with Gasteiger partial charge >= 0.3 is 0 Å². The van der Waals surface area contributed by atoms with Crippen LogP contribution in [0.1, 0.15) is 17.5 Å². The molecular formula is C19H19N3O4. The average Bonchev–Trinajstić information content (AvgIpc) is 2.99. The maximum atomic E-state index is 12.6. The van der Waals surface area contributed by atoms with E-state index in [1.807, 2.05) is 31.2 Å². The van der Waals surface area contributed by atoms with Gasteiger partial charge in [0, 0.05) is 30.8 Å². The highest BCUT2D eigenvalue weighted by Gasteiger charge is 2.35. The standard InChI is InChI=1S/C19H19N3O4/c1-12-7-8-15(22(25)26)10-16(12)20-19(24)14-9-18(23)21(11-14)17-6-4-3-5-13(17)2/h3-8,10,14H,9,11H2,1-2H3,(H,20,24). The summed E-state index contributed by atoms with van der Waals surface area (Å²) in [4.78, 5) is 37.0. The summed E-state index contributed by atoms with van der Waals surface area (Å²) in [5.41, 5.74) is 2.81. The molecule has 0 bridgehead atoms. The highest BCUT2D eigenvalue weighted by atomic mass is 16.6. The van der Waals surface area contributed by atoms with Crippen molar-refractivity contribution in [3.05, 3.63) is 63.7 Å². The Hall–Kier alpha value is -3.22. The van der Waals surface area contributed by atoms with Crippen molar-refractivity contribution in [2.45, 2.75) is 20.3 Å². The molecule has 134 valence electrons. The molecule has 1 heterocycles. The first kappa shape index (κ1) is 17.6. The number of carbonyl (C=O) groups is 2. The molecule has 0 radical (unpaired) electrons. The first-order chi connectivity index (χ1) is 12.4. The molecule has 2 aromatic rings. The Morgan fingerprint density at radius 1 is 1.19 bits per heavy atom. The second kappa shape index (κ2) is 6.95. The van der Waals surface area contributed by atoms with E-state index in [1.54, 1.807) is 17.9 Å². The van der Waals surface area contributed by atoms with E-state index >= 15 is 0 Å². The number of rotatable bonds is 4. The molecule has 2 aromatic carbocycles. The Morgan fingerprint density at radius 2 is 1.92 bits per heavy atom. The van der Waals surface area contributed by atoms with Gasteiger partial charge in [-0.25, -0.2) is 0 Å². The zero-order valence-corrected chi connectivity index (χ0v) is 14.6. The number of nitrogens with one attached hydrogen (secondary N) is 1. The van der Waals surface area contributed by atoms with Crippen LogP contribution in [0.25, 0.3) is 0 Å². The Labute approximate surface area is 150 Å². The molecule has 3 rings (SSSR count). The summed E-state index contributed by atoms with van der Waals surface area (Å²) in [7, 11) is 0. The largest absolute Gasteiger partial charge is 0.325 e. The number of nitro benzene ring substituents is 1. The highest BCUT2D eigenvalue weighted by Crippen LogP contribution is 2.29. The normalized spacial score (nSPS) is 16.6. The van der Waals surface area contributed by atoms with Gasteiger partial charge in [-0.1, -0.05) is 24.3 Å². The van der Waals surface area contributed by atoms with E-state index in [0.717, 1.165) is 16.8 Å². The van der Waals surface area contributed by atoms with Gasteiger partial charge in [0.05, 0.1) is 16.5 Å². The van der Waals surface area contributed by atoms with Gasteiger partial charge in [-0.3, -0.25) is 19.7 Å². The van der Waals surface area contributed by atoms with Crippen LogP contribution in [0, 0.1) is 29.9 Å². The molecule has 7 nitrogen and oxygen atoms in total. The van der Waals surface area contributed by atoms with E-state index in [4.69, 9.17) is 0 Å². The molecule has 7 heteroatoms. The third kappa shape index (κ3) is 3.42. The Kier molecular flexibility index (Phi) is 4.71. The molecule has 1 saturated heterocycles. The summed E-state index contributed by atoms with van der Waals surface area (Å²) in [5, 5.41) is 13.7. The third-order valence-electron chi connectivity index (χ3n) is 4.59. The van der Waals surface area contributed by atoms with E-state index < -0.39 is 10.8 Å². The number of hydrogen-bond acceptors (Lipinski definition) is 4. The van der Waals surface area contributed by atoms with E-state index in [0.29, 0.717) is 12.2 Å². The summed E-state index contributed by atoms with van der Waals surface area (Å²) in [6.45, 7) is 3.98. The second-order valence-corrected chi connectivity index (χ2v) is 6.44. The number of amides is 2. The molecule has 0 aliphatic carbocycles. The summed E-state index contributed by atoms with van der Waals surface area (Å²) in [6, 6.07) is 11.9. The molecule has 2 amide bonds. The molecule has 1 fully saturated rings. The van der Waals surface area contributed by atoms with Gasteiger partial charge in [0.2, 0.25) is 11.8 Å². The van der Waals surface area contributed by atoms with Crippen LogP contribution in [-0.4, -0.2) is 23.3 Å². The number of nitro groups is 1. The van der Waals surface area contributed by atoms with Crippen molar-refractivity contribution in [2.24, 2.45) is 5.92 Å². The number of carbonyl (C=O) groups excluding carboxylic acids is 2. The van der Waals surface area contributed by atoms with Gasteiger partial charge in [-0.15, -0.1) is 0 Å². The van der Waals surface area contributed by atoms with Crippen molar-refractivity contribution in [2.75, 3.05) is 16.8 Å². The van der Waals surface area contributed by atoms with Gasteiger partial charge in [0.25, 0.3) is 5.69 Å². The van der Waals surface area contributed by atoms with E-state index in [2.05, 4.69) is 5.32 Å². The molecule has 1 aliphatic heterocycles. The van der Waals surface area contributed by atoms with Crippen molar-refractivity contribution in [3.63, 3.8) is 0 Å². The summed E-state index contributed by atoms with van der Waals surface area (Å²) in [6.07, 6.45) is 0.119. The zero-order chi connectivity index (χ0) is 18.8. The maximum absolute atomic E-state index is 12.6. The number of anilines is 2. The molecular weight excluding hydrogens is 334 g/mol. The smallest absolute Gasteiger partial charge is 0.271 e. The first-order valence-electron chi connectivity index (χ1n) is 8.28. The minimum atomic E-state index is -0.506. The lowest BCUT2D eigenvalue weighted by Crippen LogP contribution is -2.28. The van der Waals surface area contributed by atoms with Crippen molar-refractivity contribution < 1.29 is 14.5 Å². The predicted molar refractivity (Wildman–Crippen MR) is 98.1 cm³/mol. The maximum Gasteiger partial charge on any atom is 0.271 e. The van der Waals surface area contributed by atoms with Gasteiger partial charge < -0.3 is 10.2 Å². The van der Waals surface area contributed by atoms with Crippen LogP contribution in [0.15, 0.2) is 42.5 Å². The van der Waals surface area contributed by atoms with Crippen molar-refractivity contribution in [1.29, 1.82) is 0 Å². The molecule has 1 N–H and O–H groups in total. The number of benzene rings is 2. The zero-order valence-electron chi connectivity index (χ0n) is 14.6. The molecule has 0 aromatic heterocycles. The summed E-state index contributed by atoms with van der Waals surface area (Å²) >= 11 is 0. The van der Waals surface area contributed by atoms with Gasteiger partial charge in [-0.05, 0) is 31.0 Å². The van der Waals surface area contributed by atoms with Gasteiger partial charge in [0.1, 0.15) is 0 Å². The number of nitrogens with zero attached hydrogens (tertiary/aromatic N) is 2. The van der Waals surface area contributed by atoms with Crippen LogP contribution in [-0.2, 0) is 9.59 Å². The molecule has 1 atom stereocenters. The average molecular weight is 353 g/mol. The SMILES string of the molecule is Cc1ccc([N+](=O)[O-])cc1NC(=O)C1CC(=O)N(c2ccccc2C)C1. The molecule has 1 aliphatic rings. The molecule has 26 heavy (non-hydrogen) atoms. The van der Waals surface area contributed by atoms with Crippen LogP contribution >= 0.6 is 0 Å². The second-order valence-electron chi connectivity index (χ2n) is 6.44. The van der Waals surface area contributed by atoms with Gasteiger partial charge in [0.15, 0.2) is 0 Å². The molecule has 0 spiro atoms. The fraction of sp³-hybridized carbons (Fsp3) is 0.263. The lowest BCUT2D eigenvalue weighted by Gasteiger charge is -2.19. The molecule has 1 unspecified atom stereocenters. The third-order valence-corrected chi connectivity index (χ3v) is 4.59. The fourth-order valence-corrected chi connectivity index (χ4v) is 3.08. The van der Waals surface area contributed by atoms with Crippen LogP contribution in [0.2, 0.25) is 0 Å². The quantitative estimate of drug-likeness (QED) is 0.675. The Bertz CT molecular complexity index is 894. The van der Waals surface area contributed by atoms with E-state index in [-0.39, 0.29) is 23.9 Å². The summed E-state index contributed by atoms with van der Waals surface area (Å²) in [5.74, 6) is -0.908. The lowest BCUT2D eigenvalue weighted by molar-refractivity contribution is -0.384. The van der Waals surface area contributed by atoms with Gasteiger partial charge in [-0.2, -0.15) is 0 Å². The van der Waals surface area contributed by atoms with Crippen LogP contribution < -0.4 is 10.2 Å². The lowest BCUT2D eigenvalue weighted by atomic mass is 10.1. The van der Waals surface area contributed by atoms with E-state index in [9.17, 15) is 19.7 Å². The molecule has 0 saturated carbocycles.